The van der Waals surface area contributed by atoms with Crippen molar-refractivity contribution in [1.82, 2.24) is 5.32 Å². The summed E-state index contributed by atoms with van der Waals surface area (Å²) in [5.74, 6) is 0.0104. The van der Waals surface area contributed by atoms with E-state index >= 15 is 0 Å². The smallest absolute Gasteiger partial charge is 0.251 e. The summed E-state index contributed by atoms with van der Waals surface area (Å²) in [4.78, 5) is 11.4. The molecule has 1 saturated carbocycles. The number of rotatable bonds is 2. The van der Waals surface area contributed by atoms with E-state index in [1.807, 2.05) is 24.3 Å². The van der Waals surface area contributed by atoms with Crippen LogP contribution in [0.2, 0.25) is 0 Å². The number of hydrogen-bond acceptors (Lipinski definition) is 2. The zero-order valence-electron chi connectivity index (χ0n) is 9.03. The molecule has 1 aromatic carbocycles. The van der Waals surface area contributed by atoms with Crippen molar-refractivity contribution in [3.8, 4) is 0 Å². The van der Waals surface area contributed by atoms with Crippen molar-refractivity contribution < 1.29 is 9.90 Å². The van der Waals surface area contributed by atoms with E-state index in [2.05, 4.69) is 21.2 Å². The van der Waals surface area contributed by atoms with E-state index in [9.17, 15) is 9.90 Å². The first-order chi connectivity index (χ1) is 7.55. The second-order valence-corrected chi connectivity index (χ2v) is 5.18. The van der Waals surface area contributed by atoms with Crippen molar-refractivity contribution in [3.05, 3.63) is 34.3 Å². The highest BCUT2D eigenvalue weighted by Crippen LogP contribution is 2.44. The number of carbonyl (C=O) groups excluding carboxylic acids is 1. The molecular weight excluding hydrogens is 270 g/mol. The van der Waals surface area contributed by atoms with Gasteiger partial charge < -0.3 is 10.4 Å². The minimum absolute atomic E-state index is 0.277. The summed E-state index contributed by atoms with van der Waals surface area (Å²) >= 11 is 3.38. The van der Waals surface area contributed by atoms with Crippen LogP contribution in [0.5, 0.6) is 0 Å². The van der Waals surface area contributed by atoms with Crippen molar-refractivity contribution in [2.45, 2.75) is 24.4 Å². The van der Waals surface area contributed by atoms with Gasteiger partial charge in [-0.25, -0.2) is 0 Å². The molecule has 0 atom stereocenters. The second kappa shape index (κ2) is 4.18. The molecular formula is C12H14BrNO2. The molecule has 0 heterocycles. The van der Waals surface area contributed by atoms with Gasteiger partial charge in [0, 0.05) is 11.5 Å². The van der Waals surface area contributed by atoms with Crippen LogP contribution in [0.1, 0.15) is 24.3 Å². The number of aliphatic hydroxyl groups is 1. The highest BCUT2D eigenvalue weighted by Gasteiger charge is 2.48. The Morgan fingerprint density at radius 1 is 1.44 bits per heavy atom. The molecule has 2 rings (SSSR count). The number of halogens is 1. The van der Waals surface area contributed by atoms with Crippen LogP contribution >= 0.6 is 15.9 Å². The van der Waals surface area contributed by atoms with E-state index < -0.39 is 5.60 Å². The third kappa shape index (κ3) is 1.99. The van der Waals surface area contributed by atoms with Gasteiger partial charge in [-0.05, 0) is 36.5 Å². The highest BCUT2D eigenvalue weighted by atomic mass is 79.9. The standard InChI is InChI=1S/C12H14BrNO2/c1-14-11(15)12(16)6-9(7-12)8-2-4-10(13)5-3-8/h2-5,9,16H,6-7H2,1H3,(H,14,15). The van der Waals surface area contributed by atoms with Gasteiger partial charge in [-0.3, -0.25) is 4.79 Å². The molecule has 0 unspecified atom stereocenters. The molecule has 0 radical (unpaired) electrons. The first kappa shape index (κ1) is 11.6. The molecule has 4 heteroatoms. The molecule has 0 aliphatic heterocycles. The third-order valence-electron chi connectivity index (χ3n) is 3.16. The van der Waals surface area contributed by atoms with Gasteiger partial charge in [-0.2, -0.15) is 0 Å². The van der Waals surface area contributed by atoms with E-state index in [0.717, 1.165) is 4.47 Å². The van der Waals surface area contributed by atoms with Crippen LogP contribution in [0, 0.1) is 0 Å². The Bertz CT molecular complexity index is 396. The minimum atomic E-state index is -1.16. The average Bonchev–Trinajstić information content (AvgIpc) is 2.25. The Morgan fingerprint density at radius 3 is 2.50 bits per heavy atom. The van der Waals surface area contributed by atoms with Crippen LogP contribution < -0.4 is 5.32 Å². The van der Waals surface area contributed by atoms with E-state index in [4.69, 9.17) is 0 Å². The van der Waals surface area contributed by atoms with Crippen LogP contribution in [0.15, 0.2) is 28.7 Å². The second-order valence-electron chi connectivity index (χ2n) is 4.27. The Balaban J connectivity index is 2.03. The summed E-state index contributed by atoms with van der Waals surface area (Å²) in [6.07, 6.45) is 1.02. The maximum absolute atomic E-state index is 11.4. The molecule has 1 aliphatic rings. The lowest BCUT2D eigenvalue weighted by Crippen LogP contribution is -2.53. The maximum atomic E-state index is 11.4. The molecule has 0 saturated heterocycles. The zero-order valence-corrected chi connectivity index (χ0v) is 10.6. The number of carbonyl (C=O) groups is 1. The lowest BCUT2D eigenvalue weighted by atomic mass is 9.67. The molecule has 1 amide bonds. The lowest BCUT2D eigenvalue weighted by Gasteiger charge is -2.42. The van der Waals surface area contributed by atoms with Gasteiger partial charge in [0.05, 0.1) is 0 Å². The van der Waals surface area contributed by atoms with Crippen molar-refractivity contribution in [2.24, 2.45) is 0 Å². The maximum Gasteiger partial charge on any atom is 0.251 e. The van der Waals surface area contributed by atoms with Gasteiger partial charge in [0.1, 0.15) is 5.60 Å². The fourth-order valence-corrected chi connectivity index (χ4v) is 2.41. The largest absolute Gasteiger partial charge is 0.380 e. The Morgan fingerprint density at radius 2 is 2.00 bits per heavy atom. The summed E-state index contributed by atoms with van der Waals surface area (Å²) in [5, 5.41) is 12.4. The van der Waals surface area contributed by atoms with Crippen molar-refractivity contribution in [1.29, 1.82) is 0 Å². The van der Waals surface area contributed by atoms with Crippen LogP contribution in [0.4, 0.5) is 0 Å². The molecule has 1 fully saturated rings. The van der Waals surface area contributed by atoms with E-state index in [1.54, 1.807) is 7.05 Å². The van der Waals surface area contributed by atoms with E-state index in [0.29, 0.717) is 12.8 Å². The summed E-state index contributed by atoms with van der Waals surface area (Å²) in [6, 6.07) is 8.01. The molecule has 0 bridgehead atoms. The first-order valence-corrected chi connectivity index (χ1v) is 6.04. The number of hydrogen-bond donors (Lipinski definition) is 2. The lowest BCUT2D eigenvalue weighted by molar-refractivity contribution is -0.150. The van der Waals surface area contributed by atoms with Crippen molar-refractivity contribution in [3.63, 3.8) is 0 Å². The predicted molar refractivity (Wildman–Crippen MR) is 65.1 cm³/mol. The summed E-state index contributed by atoms with van der Waals surface area (Å²) in [5.41, 5.74) is 0.0173. The molecule has 1 aliphatic carbocycles. The molecule has 3 nitrogen and oxygen atoms in total. The number of likely N-dealkylation sites (N-methyl/N-ethyl adjacent to an activating group) is 1. The van der Waals surface area contributed by atoms with Gasteiger partial charge >= 0.3 is 0 Å². The Kier molecular flexibility index (Phi) is 3.04. The summed E-state index contributed by atoms with van der Waals surface area (Å²) in [7, 11) is 1.55. The molecule has 1 aromatic rings. The normalized spacial score (nSPS) is 28.3. The first-order valence-electron chi connectivity index (χ1n) is 5.25. The highest BCUT2D eigenvalue weighted by molar-refractivity contribution is 9.10. The predicted octanol–water partition coefficient (Wildman–Crippen LogP) is 1.80. The van der Waals surface area contributed by atoms with E-state index in [1.165, 1.54) is 5.56 Å². The van der Waals surface area contributed by atoms with Crippen molar-refractivity contribution in [2.75, 3.05) is 7.05 Å². The van der Waals surface area contributed by atoms with Gasteiger partial charge in [-0.1, -0.05) is 28.1 Å². The monoisotopic (exact) mass is 283 g/mol. The summed E-state index contributed by atoms with van der Waals surface area (Å²) < 4.78 is 1.04. The molecule has 0 aromatic heterocycles. The average molecular weight is 284 g/mol. The van der Waals surface area contributed by atoms with Gasteiger partial charge in [0.2, 0.25) is 0 Å². The minimum Gasteiger partial charge on any atom is -0.380 e. The Labute approximate surface area is 103 Å². The van der Waals surface area contributed by atoms with Crippen molar-refractivity contribution >= 4 is 21.8 Å². The topological polar surface area (TPSA) is 49.3 Å². The van der Waals surface area contributed by atoms with Crippen LogP contribution in [-0.2, 0) is 4.79 Å². The SMILES string of the molecule is CNC(=O)C1(O)CC(c2ccc(Br)cc2)C1. The number of benzene rings is 1. The fraction of sp³-hybridized carbons (Fsp3) is 0.417. The van der Waals surface area contributed by atoms with E-state index in [-0.39, 0.29) is 11.8 Å². The van der Waals surface area contributed by atoms with Crippen LogP contribution in [0.3, 0.4) is 0 Å². The van der Waals surface area contributed by atoms with Crippen LogP contribution in [-0.4, -0.2) is 23.7 Å². The molecule has 2 N–H and O–H groups in total. The molecule has 16 heavy (non-hydrogen) atoms. The third-order valence-corrected chi connectivity index (χ3v) is 3.69. The number of nitrogens with one attached hydrogen (secondary N) is 1. The molecule has 0 spiro atoms. The zero-order chi connectivity index (χ0) is 11.8. The fourth-order valence-electron chi connectivity index (χ4n) is 2.14. The van der Waals surface area contributed by atoms with Crippen LogP contribution in [0.25, 0.3) is 0 Å². The van der Waals surface area contributed by atoms with Gasteiger partial charge in [0.25, 0.3) is 5.91 Å². The van der Waals surface area contributed by atoms with Gasteiger partial charge in [-0.15, -0.1) is 0 Å². The molecule has 86 valence electrons. The summed E-state index contributed by atoms with van der Waals surface area (Å²) in [6.45, 7) is 0. The quantitative estimate of drug-likeness (QED) is 0.870. The Hall–Kier alpha value is -0.870. The number of amides is 1. The van der Waals surface area contributed by atoms with Gasteiger partial charge in [0.15, 0.2) is 0 Å².